The van der Waals surface area contributed by atoms with Crippen molar-refractivity contribution in [2.45, 2.75) is 58.5 Å². The van der Waals surface area contributed by atoms with E-state index in [2.05, 4.69) is 6.92 Å². The highest BCUT2D eigenvalue weighted by atomic mass is 19.2. The van der Waals surface area contributed by atoms with Crippen LogP contribution in [0.4, 0.5) is 13.2 Å². The Bertz CT molecular complexity index is 779. The summed E-state index contributed by atoms with van der Waals surface area (Å²) in [6, 6.07) is 7.63. The molecule has 1 saturated heterocycles. The third-order valence-corrected chi connectivity index (χ3v) is 5.53. The summed E-state index contributed by atoms with van der Waals surface area (Å²) in [7, 11) is 0. The Labute approximate surface area is 159 Å². The summed E-state index contributed by atoms with van der Waals surface area (Å²) >= 11 is 0. The molecule has 0 amide bonds. The molecule has 1 aliphatic rings. The van der Waals surface area contributed by atoms with E-state index in [1.165, 1.54) is 30.7 Å². The maximum Gasteiger partial charge on any atom is 0.167 e. The van der Waals surface area contributed by atoms with Gasteiger partial charge in [0, 0.05) is 16.7 Å². The number of hydrogen-bond donors (Lipinski definition) is 0. The number of hydrogen-bond acceptors (Lipinski definition) is 1. The second-order valence-corrected chi connectivity index (χ2v) is 7.41. The van der Waals surface area contributed by atoms with Gasteiger partial charge in [-0.1, -0.05) is 51.0 Å². The van der Waals surface area contributed by atoms with Crippen LogP contribution >= 0.6 is 0 Å². The molecule has 2 aromatic rings. The monoisotopic (exact) mass is 376 g/mol. The molecule has 3 rings (SSSR count). The van der Waals surface area contributed by atoms with Gasteiger partial charge in [0.2, 0.25) is 0 Å². The summed E-state index contributed by atoms with van der Waals surface area (Å²) < 4.78 is 49.6. The highest BCUT2D eigenvalue weighted by Crippen LogP contribution is 2.37. The molecule has 2 aromatic carbocycles. The van der Waals surface area contributed by atoms with Crippen LogP contribution in [0, 0.1) is 23.4 Å². The van der Waals surface area contributed by atoms with Gasteiger partial charge in [-0.2, -0.15) is 0 Å². The molecule has 1 heterocycles. The molecular formula is C23H27F3O. The fraction of sp³-hybridized carbons (Fsp3) is 0.478. The van der Waals surface area contributed by atoms with Crippen molar-refractivity contribution in [3.8, 4) is 11.1 Å². The predicted octanol–water partition coefficient (Wildman–Crippen LogP) is 6.99. The van der Waals surface area contributed by atoms with Crippen LogP contribution < -0.4 is 0 Å². The first-order valence-corrected chi connectivity index (χ1v) is 9.93. The Balaban J connectivity index is 1.80. The highest BCUT2D eigenvalue weighted by molar-refractivity contribution is 5.66. The lowest BCUT2D eigenvalue weighted by atomic mass is 9.90. The van der Waals surface area contributed by atoms with Gasteiger partial charge in [0.05, 0.1) is 12.7 Å². The molecule has 1 aliphatic heterocycles. The molecule has 0 aliphatic carbocycles. The van der Waals surface area contributed by atoms with Gasteiger partial charge in [-0.15, -0.1) is 0 Å². The van der Waals surface area contributed by atoms with E-state index in [1.54, 1.807) is 6.07 Å². The minimum Gasteiger partial charge on any atom is -0.373 e. The van der Waals surface area contributed by atoms with Crippen molar-refractivity contribution in [2.75, 3.05) is 6.61 Å². The molecule has 0 bridgehead atoms. The second kappa shape index (κ2) is 8.92. The van der Waals surface area contributed by atoms with E-state index in [4.69, 9.17) is 4.74 Å². The lowest BCUT2D eigenvalue weighted by Crippen LogP contribution is -2.21. The molecule has 4 heteroatoms. The van der Waals surface area contributed by atoms with Crippen LogP contribution in [0.5, 0.6) is 0 Å². The minimum absolute atomic E-state index is 0.0481. The quantitative estimate of drug-likeness (QED) is 0.528. The number of benzene rings is 2. The van der Waals surface area contributed by atoms with Crippen molar-refractivity contribution in [2.24, 2.45) is 5.92 Å². The van der Waals surface area contributed by atoms with Crippen LogP contribution in [0.25, 0.3) is 11.1 Å². The average Bonchev–Trinajstić information content (AvgIpc) is 2.69. The first kappa shape index (κ1) is 19.9. The van der Waals surface area contributed by atoms with Gasteiger partial charge >= 0.3 is 0 Å². The highest BCUT2D eigenvalue weighted by Gasteiger charge is 2.27. The largest absolute Gasteiger partial charge is 0.373 e. The van der Waals surface area contributed by atoms with E-state index in [9.17, 15) is 13.2 Å². The zero-order valence-corrected chi connectivity index (χ0v) is 16.0. The van der Waals surface area contributed by atoms with Crippen molar-refractivity contribution in [3.05, 3.63) is 58.9 Å². The van der Waals surface area contributed by atoms with Crippen molar-refractivity contribution in [1.82, 2.24) is 0 Å². The number of halogens is 3. The van der Waals surface area contributed by atoms with Crippen molar-refractivity contribution in [3.63, 3.8) is 0 Å². The zero-order chi connectivity index (χ0) is 19.4. The van der Waals surface area contributed by atoms with E-state index in [0.717, 1.165) is 24.8 Å². The molecule has 0 radical (unpaired) electrons. The fourth-order valence-corrected chi connectivity index (χ4v) is 3.79. The molecule has 1 nitrogen and oxygen atoms in total. The van der Waals surface area contributed by atoms with Crippen LogP contribution in [-0.2, 0) is 11.2 Å². The number of ether oxygens (including phenoxy) is 1. The molecular weight excluding hydrogens is 349 g/mol. The first-order valence-electron chi connectivity index (χ1n) is 9.93. The standard InChI is InChI=1S/C23H27F3O/c1-3-5-6-16-8-12-21(27-14-16)19-11-10-18(22(25)23(19)26)17-9-7-15(4-2)13-20(17)24/h7,9-11,13,16,21H,3-6,8,12,14H2,1-2H3. The van der Waals surface area contributed by atoms with E-state index in [-0.39, 0.29) is 16.7 Å². The summed E-state index contributed by atoms with van der Waals surface area (Å²) in [6.45, 7) is 4.66. The third-order valence-electron chi connectivity index (χ3n) is 5.53. The van der Waals surface area contributed by atoms with Crippen LogP contribution in [0.3, 0.4) is 0 Å². The van der Waals surface area contributed by atoms with Gasteiger partial charge in [0.1, 0.15) is 5.82 Å². The van der Waals surface area contributed by atoms with E-state index >= 15 is 0 Å². The third kappa shape index (κ3) is 4.37. The molecule has 0 saturated carbocycles. The molecule has 27 heavy (non-hydrogen) atoms. The molecule has 2 unspecified atom stereocenters. The molecule has 0 spiro atoms. The molecule has 2 atom stereocenters. The SMILES string of the molecule is CCCCC1CCC(c2ccc(-c3ccc(CC)cc3F)c(F)c2F)OC1. The summed E-state index contributed by atoms with van der Waals surface area (Å²) in [5.74, 6) is -1.97. The Morgan fingerprint density at radius 3 is 2.37 bits per heavy atom. The van der Waals surface area contributed by atoms with E-state index < -0.39 is 23.6 Å². The topological polar surface area (TPSA) is 9.23 Å². The van der Waals surface area contributed by atoms with Gasteiger partial charge in [-0.05, 0) is 43.2 Å². The predicted molar refractivity (Wildman–Crippen MR) is 102 cm³/mol. The summed E-state index contributed by atoms with van der Waals surface area (Å²) in [4.78, 5) is 0. The van der Waals surface area contributed by atoms with Crippen molar-refractivity contribution < 1.29 is 17.9 Å². The van der Waals surface area contributed by atoms with Gasteiger partial charge in [-0.3, -0.25) is 0 Å². The Kier molecular flexibility index (Phi) is 6.59. The fourth-order valence-electron chi connectivity index (χ4n) is 3.79. The molecule has 1 fully saturated rings. The number of rotatable bonds is 6. The van der Waals surface area contributed by atoms with Crippen LogP contribution in [0.15, 0.2) is 30.3 Å². The van der Waals surface area contributed by atoms with Gasteiger partial charge in [0.15, 0.2) is 11.6 Å². The normalized spacial score (nSPS) is 20.0. The molecule has 0 aromatic heterocycles. The zero-order valence-electron chi connectivity index (χ0n) is 16.0. The lowest BCUT2D eigenvalue weighted by Gasteiger charge is -2.29. The Hall–Kier alpha value is -1.81. The second-order valence-electron chi connectivity index (χ2n) is 7.41. The van der Waals surface area contributed by atoms with Crippen molar-refractivity contribution >= 4 is 0 Å². The number of unbranched alkanes of at least 4 members (excludes halogenated alkanes) is 1. The Morgan fingerprint density at radius 1 is 0.963 bits per heavy atom. The van der Waals surface area contributed by atoms with Gasteiger partial charge < -0.3 is 4.74 Å². The van der Waals surface area contributed by atoms with E-state index in [0.29, 0.717) is 25.4 Å². The summed E-state index contributed by atoms with van der Waals surface area (Å²) in [6.07, 6.45) is 5.33. The average molecular weight is 376 g/mol. The summed E-state index contributed by atoms with van der Waals surface area (Å²) in [5.41, 5.74) is 1.09. The van der Waals surface area contributed by atoms with Gasteiger partial charge in [-0.25, -0.2) is 13.2 Å². The number of aryl methyl sites for hydroxylation is 1. The minimum atomic E-state index is -1.01. The van der Waals surface area contributed by atoms with Crippen LogP contribution in [0.1, 0.15) is 63.2 Å². The summed E-state index contributed by atoms with van der Waals surface area (Å²) in [5, 5.41) is 0. The molecule has 0 N–H and O–H groups in total. The maximum atomic E-state index is 14.7. The maximum absolute atomic E-state index is 14.7. The first-order chi connectivity index (χ1) is 13.0. The van der Waals surface area contributed by atoms with E-state index in [1.807, 2.05) is 6.92 Å². The molecule has 146 valence electrons. The van der Waals surface area contributed by atoms with Gasteiger partial charge in [0.25, 0.3) is 0 Å². The van der Waals surface area contributed by atoms with Crippen LogP contribution in [0.2, 0.25) is 0 Å². The van der Waals surface area contributed by atoms with Crippen LogP contribution in [-0.4, -0.2) is 6.61 Å². The Morgan fingerprint density at radius 2 is 1.74 bits per heavy atom. The smallest absolute Gasteiger partial charge is 0.167 e. The van der Waals surface area contributed by atoms with Crippen molar-refractivity contribution in [1.29, 1.82) is 0 Å². The lowest BCUT2D eigenvalue weighted by molar-refractivity contribution is -0.0217.